The molecule has 0 aliphatic heterocycles. The Morgan fingerprint density at radius 2 is 1.85 bits per heavy atom. The number of benzene rings is 3. The quantitative estimate of drug-likeness (QED) is 0.445. The van der Waals surface area contributed by atoms with Gasteiger partial charge in [-0.05, 0) is 60.4 Å². The first-order valence-electron chi connectivity index (χ1n) is 8.73. The van der Waals surface area contributed by atoms with E-state index in [1.807, 2.05) is 72.8 Å². The number of anilines is 1. The minimum atomic E-state index is -0.141. The van der Waals surface area contributed by atoms with Crippen molar-refractivity contribution in [3.63, 3.8) is 0 Å². The highest BCUT2D eigenvalue weighted by atomic mass is 32.2. The van der Waals surface area contributed by atoms with E-state index in [9.17, 15) is 4.79 Å². The lowest BCUT2D eigenvalue weighted by atomic mass is 10.1. The van der Waals surface area contributed by atoms with Crippen LogP contribution in [0.5, 0.6) is 0 Å². The van der Waals surface area contributed by atoms with Gasteiger partial charge in [0, 0.05) is 21.7 Å². The average Bonchev–Trinajstić information content (AvgIpc) is 3.13. The predicted octanol–water partition coefficient (Wildman–Crippen LogP) is 5.86. The minimum absolute atomic E-state index is 0.141. The van der Waals surface area contributed by atoms with Gasteiger partial charge in [-0.15, -0.1) is 11.8 Å². The summed E-state index contributed by atoms with van der Waals surface area (Å²) in [6.07, 6.45) is 0. The van der Waals surface area contributed by atoms with Gasteiger partial charge in [0.25, 0.3) is 5.91 Å². The lowest BCUT2D eigenvalue weighted by molar-refractivity contribution is 0.102. The molecule has 0 spiro atoms. The second-order valence-electron chi connectivity index (χ2n) is 5.98. The Hall–Kier alpha value is -3.05. The van der Waals surface area contributed by atoms with E-state index in [4.69, 9.17) is 4.42 Å². The molecule has 4 rings (SSSR count). The van der Waals surface area contributed by atoms with Crippen LogP contribution in [0.2, 0.25) is 0 Å². The summed E-state index contributed by atoms with van der Waals surface area (Å²) in [7, 11) is 0. The number of amides is 1. The molecule has 1 aromatic heterocycles. The Balaban J connectivity index is 1.54. The van der Waals surface area contributed by atoms with Gasteiger partial charge in [0.2, 0.25) is 5.89 Å². The molecule has 1 heterocycles. The number of thioether (sulfide) groups is 1. The van der Waals surface area contributed by atoms with Gasteiger partial charge in [0.05, 0.1) is 0 Å². The van der Waals surface area contributed by atoms with Gasteiger partial charge in [-0.2, -0.15) is 0 Å². The second-order valence-corrected chi connectivity index (χ2v) is 7.32. The van der Waals surface area contributed by atoms with Crippen molar-refractivity contribution in [1.82, 2.24) is 4.98 Å². The third-order valence-corrected chi connectivity index (χ3v) is 4.98. The number of carbonyl (C=O) groups excluding carboxylic acids is 1. The zero-order chi connectivity index (χ0) is 18.6. The SMILES string of the molecule is CCSc1ccc(C(=O)Nc2cccc(-c3nc4ccccc4o3)c2)cc1. The molecule has 4 nitrogen and oxygen atoms in total. The molecule has 4 aromatic rings. The Kier molecular flexibility index (Phi) is 4.94. The molecule has 0 radical (unpaired) electrons. The van der Waals surface area contributed by atoms with Crippen LogP contribution in [-0.2, 0) is 0 Å². The van der Waals surface area contributed by atoms with E-state index >= 15 is 0 Å². The Labute approximate surface area is 161 Å². The zero-order valence-corrected chi connectivity index (χ0v) is 15.6. The van der Waals surface area contributed by atoms with Gasteiger partial charge in [-0.25, -0.2) is 4.98 Å². The molecule has 0 unspecified atom stereocenters. The summed E-state index contributed by atoms with van der Waals surface area (Å²) in [5.74, 6) is 1.40. The fourth-order valence-electron chi connectivity index (χ4n) is 2.80. The molecule has 5 heteroatoms. The van der Waals surface area contributed by atoms with E-state index in [-0.39, 0.29) is 5.91 Å². The van der Waals surface area contributed by atoms with E-state index < -0.39 is 0 Å². The normalized spacial score (nSPS) is 10.9. The van der Waals surface area contributed by atoms with Gasteiger partial charge in [-0.3, -0.25) is 4.79 Å². The van der Waals surface area contributed by atoms with E-state index in [1.54, 1.807) is 11.8 Å². The van der Waals surface area contributed by atoms with Gasteiger partial charge in [0.15, 0.2) is 5.58 Å². The Morgan fingerprint density at radius 3 is 2.63 bits per heavy atom. The van der Waals surface area contributed by atoms with Crippen LogP contribution in [0.25, 0.3) is 22.6 Å². The smallest absolute Gasteiger partial charge is 0.255 e. The highest BCUT2D eigenvalue weighted by Crippen LogP contribution is 2.26. The second kappa shape index (κ2) is 7.68. The fraction of sp³-hybridized carbons (Fsp3) is 0.0909. The Bertz CT molecular complexity index is 1050. The third kappa shape index (κ3) is 3.88. The van der Waals surface area contributed by atoms with Crippen molar-refractivity contribution in [3.05, 3.63) is 78.4 Å². The molecule has 0 aliphatic rings. The fourth-order valence-corrected chi connectivity index (χ4v) is 3.46. The van der Waals surface area contributed by atoms with Crippen molar-refractivity contribution in [2.45, 2.75) is 11.8 Å². The largest absolute Gasteiger partial charge is 0.436 e. The van der Waals surface area contributed by atoms with Gasteiger partial charge in [-0.1, -0.05) is 25.1 Å². The number of hydrogen-bond donors (Lipinski definition) is 1. The number of hydrogen-bond acceptors (Lipinski definition) is 4. The van der Waals surface area contributed by atoms with Crippen LogP contribution < -0.4 is 5.32 Å². The van der Waals surface area contributed by atoms with E-state index in [0.29, 0.717) is 17.1 Å². The highest BCUT2D eigenvalue weighted by Gasteiger charge is 2.10. The van der Waals surface area contributed by atoms with E-state index in [1.165, 1.54) is 0 Å². The molecule has 1 N–H and O–H groups in total. The average molecular weight is 374 g/mol. The van der Waals surface area contributed by atoms with Crippen LogP contribution in [0.3, 0.4) is 0 Å². The van der Waals surface area contributed by atoms with Crippen LogP contribution in [0.1, 0.15) is 17.3 Å². The molecular formula is C22H18N2O2S. The highest BCUT2D eigenvalue weighted by molar-refractivity contribution is 7.99. The number of fused-ring (bicyclic) bond motifs is 1. The van der Waals surface area contributed by atoms with Gasteiger partial charge in [0.1, 0.15) is 5.52 Å². The van der Waals surface area contributed by atoms with E-state index in [2.05, 4.69) is 17.2 Å². The minimum Gasteiger partial charge on any atom is -0.436 e. The molecular weight excluding hydrogens is 356 g/mol. The molecule has 0 aliphatic carbocycles. The van der Waals surface area contributed by atoms with Crippen molar-refractivity contribution in [2.24, 2.45) is 0 Å². The van der Waals surface area contributed by atoms with Crippen molar-refractivity contribution >= 4 is 34.5 Å². The number of nitrogens with zero attached hydrogens (tertiary/aromatic N) is 1. The Morgan fingerprint density at radius 1 is 1.04 bits per heavy atom. The first-order valence-corrected chi connectivity index (χ1v) is 9.72. The van der Waals surface area contributed by atoms with Crippen molar-refractivity contribution in [3.8, 4) is 11.5 Å². The molecule has 0 bridgehead atoms. The summed E-state index contributed by atoms with van der Waals surface area (Å²) >= 11 is 1.75. The van der Waals surface area contributed by atoms with Crippen molar-refractivity contribution in [2.75, 3.05) is 11.1 Å². The number of rotatable bonds is 5. The lowest BCUT2D eigenvalue weighted by Gasteiger charge is -2.07. The van der Waals surface area contributed by atoms with Gasteiger partial charge < -0.3 is 9.73 Å². The number of nitrogens with one attached hydrogen (secondary N) is 1. The van der Waals surface area contributed by atoms with Crippen LogP contribution in [-0.4, -0.2) is 16.6 Å². The molecule has 0 atom stereocenters. The summed E-state index contributed by atoms with van der Waals surface area (Å²) in [6.45, 7) is 2.11. The molecule has 1 amide bonds. The first kappa shape index (κ1) is 17.4. The summed E-state index contributed by atoms with van der Waals surface area (Å²) < 4.78 is 5.81. The maximum atomic E-state index is 12.5. The lowest BCUT2D eigenvalue weighted by Crippen LogP contribution is -2.11. The van der Waals surface area contributed by atoms with Crippen LogP contribution in [0.15, 0.2) is 82.1 Å². The summed E-state index contributed by atoms with van der Waals surface area (Å²) in [4.78, 5) is 18.2. The van der Waals surface area contributed by atoms with Gasteiger partial charge >= 0.3 is 0 Å². The van der Waals surface area contributed by atoms with Crippen molar-refractivity contribution in [1.29, 1.82) is 0 Å². The van der Waals surface area contributed by atoms with Crippen LogP contribution in [0, 0.1) is 0 Å². The predicted molar refractivity (Wildman–Crippen MR) is 110 cm³/mol. The van der Waals surface area contributed by atoms with Crippen molar-refractivity contribution < 1.29 is 9.21 Å². The monoisotopic (exact) mass is 374 g/mol. The van der Waals surface area contributed by atoms with Crippen LogP contribution in [0.4, 0.5) is 5.69 Å². The molecule has 0 fully saturated rings. The topological polar surface area (TPSA) is 55.1 Å². The molecule has 0 saturated carbocycles. The maximum absolute atomic E-state index is 12.5. The molecule has 27 heavy (non-hydrogen) atoms. The number of oxazole rings is 1. The number of para-hydroxylation sites is 2. The molecule has 3 aromatic carbocycles. The number of aromatic nitrogens is 1. The third-order valence-electron chi connectivity index (χ3n) is 4.09. The first-order chi connectivity index (χ1) is 13.2. The standard InChI is InChI=1S/C22H18N2O2S/c1-2-27-18-12-10-15(11-13-18)21(25)23-17-7-5-6-16(14-17)22-24-19-8-3-4-9-20(19)26-22/h3-14H,2H2,1H3,(H,23,25). The molecule has 134 valence electrons. The summed E-state index contributed by atoms with van der Waals surface area (Å²) in [5, 5.41) is 2.94. The van der Waals surface area contributed by atoms with E-state index in [0.717, 1.165) is 27.3 Å². The summed E-state index contributed by atoms with van der Waals surface area (Å²) in [6, 6.07) is 22.8. The zero-order valence-electron chi connectivity index (χ0n) is 14.8. The van der Waals surface area contributed by atoms with Crippen LogP contribution >= 0.6 is 11.8 Å². The molecule has 0 saturated heterocycles. The summed E-state index contributed by atoms with van der Waals surface area (Å²) in [5.41, 5.74) is 3.70. The number of carbonyl (C=O) groups is 1. The maximum Gasteiger partial charge on any atom is 0.255 e.